The Balaban J connectivity index is 1.37. The summed E-state index contributed by atoms with van der Waals surface area (Å²) in [4.78, 5) is 50.2. The fourth-order valence-electron chi connectivity index (χ4n) is 3.26. The summed E-state index contributed by atoms with van der Waals surface area (Å²) in [7, 11) is 0. The van der Waals surface area contributed by atoms with Crippen LogP contribution in [0.25, 0.3) is 0 Å². The Hall–Kier alpha value is -3.69. The molecular weight excluding hydrogens is 556 g/mol. The van der Waals surface area contributed by atoms with Gasteiger partial charge in [0, 0.05) is 5.56 Å². The number of rotatable bonds is 10. The minimum Gasteiger partial charge on any atom is -0.462 e. The van der Waals surface area contributed by atoms with Crippen LogP contribution in [0, 0.1) is 6.92 Å². The lowest BCUT2D eigenvalue weighted by Gasteiger charge is -2.06. The van der Waals surface area contributed by atoms with E-state index in [1.54, 1.807) is 39.0 Å². The Kier molecular flexibility index (Phi) is 8.81. The van der Waals surface area contributed by atoms with E-state index in [4.69, 9.17) is 18.9 Å². The molecule has 0 fully saturated rings. The molecule has 15 heteroatoms. The van der Waals surface area contributed by atoms with Crippen LogP contribution < -0.4 is 20.1 Å². The van der Waals surface area contributed by atoms with Crippen molar-refractivity contribution in [3.05, 3.63) is 39.8 Å². The number of amides is 2. The van der Waals surface area contributed by atoms with Crippen LogP contribution in [0.2, 0.25) is 0 Å². The van der Waals surface area contributed by atoms with Crippen molar-refractivity contribution in [3.63, 3.8) is 0 Å². The molecule has 0 radical (unpaired) electrons. The van der Waals surface area contributed by atoms with Crippen LogP contribution in [0.3, 0.4) is 0 Å². The van der Waals surface area contributed by atoms with Gasteiger partial charge in [0.25, 0.3) is 5.91 Å². The molecule has 3 aromatic rings. The van der Waals surface area contributed by atoms with E-state index in [2.05, 4.69) is 20.8 Å². The number of nitrogens with zero attached hydrogens (tertiary/aromatic N) is 2. The van der Waals surface area contributed by atoms with E-state index in [1.807, 2.05) is 0 Å². The number of fused-ring (bicyclic) bond motifs is 1. The molecule has 0 saturated heterocycles. The minimum absolute atomic E-state index is 0.0569. The number of aromatic nitrogens is 2. The van der Waals surface area contributed by atoms with Gasteiger partial charge in [-0.1, -0.05) is 23.1 Å². The normalized spacial score (nSPS) is 11.7. The van der Waals surface area contributed by atoms with Crippen LogP contribution in [-0.4, -0.2) is 59.7 Å². The Labute approximate surface area is 229 Å². The van der Waals surface area contributed by atoms with Crippen molar-refractivity contribution in [1.82, 2.24) is 10.2 Å². The second kappa shape index (κ2) is 12.2. The third kappa shape index (κ3) is 6.23. The van der Waals surface area contributed by atoms with Gasteiger partial charge in [0.1, 0.15) is 9.88 Å². The Morgan fingerprint density at radius 3 is 2.50 bits per heavy atom. The highest BCUT2D eigenvalue weighted by Crippen LogP contribution is 2.35. The highest BCUT2D eigenvalue weighted by atomic mass is 32.2. The van der Waals surface area contributed by atoms with Crippen LogP contribution in [0.1, 0.15) is 49.8 Å². The largest absolute Gasteiger partial charge is 0.462 e. The smallest absolute Gasteiger partial charge is 0.348 e. The molecule has 1 aliphatic heterocycles. The number of hydrogen-bond donors (Lipinski definition) is 2. The fraction of sp³-hybridized carbons (Fsp3) is 0.304. The average Bonchev–Trinajstić information content (AvgIpc) is 3.61. The molecule has 38 heavy (non-hydrogen) atoms. The van der Waals surface area contributed by atoms with Crippen molar-refractivity contribution >= 4 is 68.3 Å². The van der Waals surface area contributed by atoms with Gasteiger partial charge < -0.3 is 24.3 Å². The molecule has 4 rings (SSSR count). The summed E-state index contributed by atoms with van der Waals surface area (Å²) in [5.41, 5.74) is 0.855. The molecule has 1 aromatic carbocycles. The highest BCUT2D eigenvalue weighted by molar-refractivity contribution is 8.01. The van der Waals surface area contributed by atoms with E-state index >= 15 is 0 Å². The number of carbonyl (C=O) groups is 4. The standard InChI is InChI=1S/C23H22N4O8S3/c1-4-32-20(30)16-11(3)17(21(31)33-5-2)37-19(16)24-15(28)9-36-23-27-26-22(38-23)25-18(29)12-6-7-13-14(8-12)35-10-34-13/h6-8H,4-5,9-10H2,1-3H3,(H,24,28)(H,25,26,29). The lowest BCUT2D eigenvalue weighted by Crippen LogP contribution is -2.16. The molecule has 0 bridgehead atoms. The molecule has 12 nitrogen and oxygen atoms in total. The first-order chi connectivity index (χ1) is 18.3. The molecule has 0 unspecified atom stereocenters. The second-order valence-electron chi connectivity index (χ2n) is 7.43. The summed E-state index contributed by atoms with van der Waals surface area (Å²) in [5.74, 6) is -1.06. The summed E-state index contributed by atoms with van der Waals surface area (Å²) in [5, 5.41) is 13.7. The molecule has 0 aliphatic carbocycles. The van der Waals surface area contributed by atoms with E-state index in [1.165, 1.54) is 0 Å². The number of benzene rings is 1. The van der Waals surface area contributed by atoms with Crippen molar-refractivity contribution in [2.75, 3.05) is 36.4 Å². The van der Waals surface area contributed by atoms with Crippen molar-refractivity contribution in [3.8, 4) is 11.5 Å². The molecule has 1 aliphatic rings. The molecule has 0 atom stereocenters. The third-order valence-electron chi connectivity index (χ3n) is 4.93. The summed E-state index contributed by atoms with van der Waals surface area (Å²) in [6.07, 6.45) is 0. The summed E-state index contributed by atoms with van der Waals surface area (Å²) in [6.45, 7) is 5.35. The minimum atomic E-state index is -0.647. The van der Waals surface area contributed by atoms with Crippen molar-refractivity contribution in [2.24, 2.45) is 0 Å². The Bertz CT molecular complexity index is 1390. The first-order valence-electron chi connectivity index (χ1n) is 11.3. The first kappa shape index (κ1) is 27.3. The van der Waals surface area contributed by atoms with Gasteiger partial charge in [-0.2, -0.15) is 0 Å². The first-order valence-corrected chi connectivity index (χ1v) is 13.9. The van der Waals surface area contributed by atoms with Gasteiger partial charge in [-0.25, -0.2) is 9.59 Å². The van der Waals surface area contributed by atoms with Gasteiger partial charge in [-0.15, -0.1) is 21.5 Å². The van der Waals surface area contributed by atoms with Gasteiger partial charge in [-0.05, 0) is 44.5 Å². The number of thioether (sulfide) groups is 1. The number of nitrogens with one attached hydrogen (secondary N) is 2. The van der Waals surface area contributed by atoms with Gasteiger partial charge in [-0.3, -0.25) is 14.9 Å². The molecule has 0 saturated carbocycles. The predicted octanol–water partition coefficient (Wildman–Crippen LogP) is 3.97. The number of hydrogen-bond acceptors (Lipinski definition) is 13. The highest BCUT2D eigenvalue weighted by Gasteiger charge is 2.27. The summed E-state index contributed by atoms with van der Waals surface area (Å²) >= 11 is 3.15. The zero-order chi connectivity index (χ0) is 27.2. The van der Waals surface area contributed by atoms with Gasteiger partial charge in [0.2, 0.25) is 17.8 Å². The van der Waals surface area contributed by atoms with E-state index in [9.17, 15) is 19.2 Å². The molecule has 3 heterocycles. The van der Waals surface area contributed by atoms with Gasteiger partial charge in [0.05, 0.1) is 24.5 Å². The number of ether oxygens (including phenoxy) is 4. The topological polar surface area (TPSA) is 155 Å². The zero-order valence-corrected chi connectivity index (χ0v) is 22.9. The Morgan fingerprint density at radius 2 is 1.74 bits per heavy atom. The average molecular weight is 579 g/mol. The van der Waals surface area contributed by atoms with Gasteiger partial charge >= 0.3 is 11.9 Å². The number of anilines is 2. The monoisotopic (exact) mass is 578 g/mol. The maximum atomic E-state index is 12.7. The lowest BCUT2D eigenvalue weighted by atomic mass is 10.1. The maximum absolute atomic E-state index is 12.7. The third-order valence-corrected chi connectivity index (χ3v) is 8.09. The molecule has 0 spiro atoms. The van der Waals surface area contributed by atoms with E-state index in [0.717, 1.165) is 34.4 Å². The molecule has 2 aromatic heterocycles. The quantitative estimate of drug-likeness (QED) is 0.204. The molecule has 200 valence electrons. The van der Waals surface area contributed by atoms with Gasteiger partial charge in [0.15, 0.2) is 15.8 Å². The van der Waals surface area contributed by atoms with Crippen molar-refractivity contribution in [1.29, 1.82) is 0 Å². The Morgan fingerprint density at radius 1 is 1.00 bits per heavy atom. The fourth-order valence-corrected chi connectivity index (χ4v) is 5.91. The lowest BCUT2D eigenvalue weighted by molar-refractivity contribution is -0.113. The van der Waals surface area contributed by atoms with Crippen LogP contribution in [0.5, 0.6) is 11.5 Å². The maximum Gasteiger partial charge on any atom is 0.348 e. The van der Waals surface area contributed by atoms with Crippen molar-refractivity contribution in [2.45, 2.75) is 25.1 Å². The van der Waals surface area contributed by atoms with E-state index < -0.39 is 23.8 Å². The summed E-state index contributed by atoms with van der Waals surface area (Å²) in [6, 6.07) is 4.83. The molecule has 2 amide bonds. The molecular formula is C23H22N4O8S3. The second-order valence-corrected chi connectivity index (χ2v) is 10.7. The zero-order valence-electron chi connectivity index (χ0n) is 20.4. The van der Waals surface area contributed by atoms with E-state index in [0.29, 0.717) is 27.0 Å². The predicted molar refractivity (Wildman–Crippen MR) is 141 cm³/mol. The SMILES string of the molecule is CCOC(=O)c1sc(NC(=O)CSc2nnc(NC(=O)c3ccc4c(c3)OCO4)s2)c(C(=O)OCC)c1C. The van der Waals surface area contributed by atoms with Crippen LogP contribution >= 0.6 is 34.4 Å². The number of esters is 2. The van der Waals surface area contributed by atoms with Crippen molar-refractivity contribution < 1.29 is 38.1 Å². The number of thiophene rings is 1. The summed E-state index contributed by atoms with van der Waals surface area (Å²) < 4.78 is 21.1. The van der Waals surface area contributed by atoms with E-state index in [-0.39, 0.29) is 46.3 Å². The molecule has 2 N–H and O–H groups in total. The van der Waals surface area contributed by atoms with Crippen LogP contribution in [-0.2, 0) is 14.3 Å². The van der Waals surface area contributed by atoms with Crippen LogP contribution in [0.4, 0.5) is 10.1 Å². The van der Waals surface area contributed by atoms with Crippen LogP contribution in [0.15, 0.2) is 22.5 Å². The number of carbonyl (C=O) groups excluding carboxylic acids is 4.